The summed E-state index contributed by atoms with van der Waals surface area (Å²) in [6.45, 7) is 4.32. The molecule has 8 rings (SSSR count). The number of benzene rings is 6. The maximum Gasteiger partial charge on any atom is 0.101 e. The Bertz CT molecular complexity index is 2340. The Labute approximate surface area is 286 Å². The highest BCUT2D eigenvalue weighted by Crippen LogP contribution is 2.52. The van der Waals surface area contributed by atoms with E-state index < -0.39 is 5.41 Å². The number of para-hydroxylation sites is 1. The minimum atomic E-state index is -0.415. The van der Waals surface area contributed by atoms with Gasteiger partial charge in [-0.15, -0.1) is 0 Å². The molecule has 232 valence electrons. The summed E-state index contributed by atoms with van der Waals surface area (Å²) >= 11 is 0. The van der Waals surface area contributed by atoms with Crippen LogP contribution in [0.2, 0.25) is 0 Å². The Kier molecular flexibility index (Phi) is 7.17. The first-order valence-corrected chi connectivity index (χ1v) is 16.3. The molecule has 0 atom stereocenters. The molecule has 0 bridgehead atoms. The zero-order chi connectivity index (χ0) is 33.5. The first kappa shape index (κ1) is 29.7. The van der Waals surface area contributed by atoms with Crippen LogP contribution in [0.5, 0.6) is 0 Å². The van der Waals surface area contributed by atoms with Gasteiger partial charge in [0.05, 0.1) is 46.0 Å². The topological polar surface area (TPSA) is 68.6 Å². The Hall–Kier alpha value is -6.69. The van der Waals surface area contributed by atoms with E-state index in [0.717, 1.165) is 67.5 Å². The lowest BCUT2D eigenvalue weighted by molar-refractivity contribution is 0.631. The molecule has 0 spiro atoms. The van der Waals surface area contributed by atoms with Gasteiger partial charge in [-0.05, 0) is 77.4 Å². The van der Waals surface area contributed by atoms with Crippen molar-refractivity contribution in [1.82, 2.24) is 9.78 Å². The lowest BCUT2D eigenvalue weighted by Crippen LogP contribution is -2.30. The monoisotopic (exact) mass is 629 g/mol. The van der Waals surface area contributed by atoms with Crippen LogP contribution >= 0.6 is 0 Å². The zero-order valence-corrected chi connectivity index (χ0v) is 27.2. The molecular weight excluding hydrogens is 599 g/mol. The molecule has 5 heteroatoms. The molecule has 7 aromatic rings. The van der Waals surface area contributed by atoms with E-state index in [1.165, 1.54) is 0 Å². The number of fused-ring (bicyclic) bond motifs is 2. The van der Waals surface area contributed by atoms with Crippen LogP contribution in [0.4, 0.5) is 17.1 Å². The van der Waals surface area contributed by atoms with Crippen LogP contribution in [-0.2, 0) is 5.41 Å². The van der Waals surface area contributed by atoms with E-state index in [-0.39, 0.29) is 0 Å². The number of rotatable bonds is 5. The van der Waals surface area contributed by atoms with Crippen molar-refractivity contribution in [2.75, 3.05) is 4.90 Å². The summed E-state index contributed by atoms with van der Waals surface area (Å²) < 4.78 is 2.06. The molecule has 6 aromatic carbocycles. The van der Waals surface area contributed by atoms with Gasteiger partial charge < -0.3 is 4.90 Å². The smallest absolute Gasteiger partial charge is 0.101 e. The van der Waals surface area contributed by atoms with E-state index in [9.17, 15) is 10.5 Å². The minimum Gasteiger partial charge on any atom is -0.310 e. The van der Waals surface area contributed by atoms with Crippen LogP contribution in [0, 0.1) is 22.7 Å². The highest BCUT2D eigenvalue weighted by molar-refractivity contribution is 5.94. The van der Waals surface area contributed by atoms with Crippen molar-refractivity contribution >= 4 is 17.1 Å². The van der Waals surface area contributed by atoms with E-state index in [1.54, 1.807) is 0 Å². The maximum atomic E-state index is 9.78. The van der Waals surface area contributed by atoms with Crippen LogP contribution in [0.1, 0.15) is 36.1 Å². The van der Waals surface area contributed by atoms with Crippen molar-refractivity contribution in [2.24, 2.45) is 0 Å². The third-order valence-electron chi connectivity index (χ3n) is 9.47. The van der Waals surface area contributed by atoms with Gasteiger partial charge in [0.2, 0.25) is 0 Å². The fourth-order valence-electron chi connectivity index (χ4n) is 7.04. The predicted octanol–water partition coefficient (Wildman–Crippen LogP) is 10.7. The van der Waals surface area contributed by atoms with Gasteiger partial charge in [-0.2, -0.15) is 15.6 Å². The van der Waals surface area contributed by atoms with Crippen molar-refractivity contribution in [2.45, 2.75) is 19.3 Å². The lowest BCUT2D eigenvalue weighted by Gasteiger charge is -2.42. The van der Waals surface area contributed by atoms with Crippen molar-refractivity contribution < 1.29 is 0 Å². The van der Waals surface area contributed by atoms with Crippen molar-refractivity contribution in [3.8, 4) is 51.5 Å². The molecule has 2 heterocycles. The van der Waals surface area contributed by atoms with E-state index >= 15 is 0 Å². The standard InChI is InChI=1S/C44H31N5/c1-44(2)37-26-30(28-45)18-24-39(37)48(40-25-19-31(29-46)27-38(40)44)35-22-20-32(21-23-35)41-42(33-12-6-3-7-13-33)47-49(36-16-10-5-11-17-36)43(41)34-14-8-4-9-15-34/h3-27H,1-2H3. The summed E-state index contributed by atoms with van der Waals surface area (Å²) in [6.07, 6.45) is 0. The predicted molar refractivity (Wildman–Crippen MR) is 196 cm³/mol. The van der Waals surface area contributed by atoms with E-state index in [2.05, 4.69) is 108 Å². The first-order chi connectivity index (χ1) is 24.0. The molecule has 0 saturated carbocycles. The van der Waals surface area contributed by atoms with E-state index in [4.69, 9.17) is 5.10 Å². The van der Waals surface area contributed by atoms with Crippen molar-refractivity contribution in [3.63, 3.8) is 0 Å². The molecule has 5 nitrogen and oxygen atoms in total. The summed E-state index contributed by atoms with van der Waals surface area (Å²) in [4.78, 5) is 2.24. The molecule has 0 radical (unpaired) electrons. The normalized spacial score (nSPS) is 12.8. The zero-order valence-electron chi connectivity index (χ0n) is 27.2. The average molecular weight is 630 g/mol. The van der Waals surface area contributed by atoms with Gasteiger partial charge in [0, 0.05) is 27.8 Å². The molecule has 0 fully saturated rings. The van der Waals surface area contributed by atoms with Crippen LogP contribution in [0.25, 0.3) is 39.3 Å². The average Bonchev–Trinajstić information content (AvgIpc) is 3.57. The lowest BCUT2D eigenvalue weighted by atomic mass is 9.72. The number of aromatic nitrogens is 2. The summed E-state index contributed by atoms with van der Waals surface area (Å²) in [7, 11) is 0. The number of hydrogen-bond acceptors (Lipinski definition) is 4. The Balaban J connectivity index is 1.34. The molecule has 49 heavy (non-hydrogen) atoms. The van der Waals surface area contributed by atoms with Gasteiger partial charge >= 0.3 is 0 Å². The van der Waals surface area contributed by atoms with Crippen molar-refractivity contribution in [1.29, 1.82) is 10.5 Å². The second-order valence-electron chi connectivity index (χ2n) is 12.7. The largest absolute Gasteiger partial charge is 0.310 e. The first-order valence-electron chi connectivity index (χ1n) is 16.3. The fraction of sp³-hybridized carbons (Fsp3) is 0.0682. The quantitative estimate of drug-likeness (QED) is 0.190. The van der Waals surface area contributed by atoms with Gasteiger partial charge in [-0.1, -0.05) is 105 Å². The number of anilines is 3. The molecule has 1 aliphatic rings. The van der Waals surface area contributed by atoms with Gasteiger partial charge in [0.1, 0.15) is 5.69 Å². The molecule has 0 N–H and O–H groups in total. The Morgan fingerprint density at radius 1 is 0.531 bits per heavy atom. The SMILES string of the molecule is CC1(C)c2cc(C#N)ccc2N(c2ccc(-c3c(-c4ccccc4)nn(-c4ccccc4)c3-c3ccccc3)cc2)c2ccc(C#N)cc21. The minimum absolute atomic E-state index is 0.415. The van der Waals surface area contributed by atoms with E-state index in [0.29, 0.717) is 11.1 Å². The molecule has 0 aliphatic carbocycles. The number of nitrogens with zero attached hydrogens (tertiary/aromatic N) is 5. The summed E-state index contributed by atoms with van der Waals surface area (Å²) in [5.74, 6) is 0. The second-order valence-corrected chi connectivity index (χ2v) is 12.7. The Morgan fingerprint density at radius 3 is 1.57 bits per heavy atom. The van der Waals surface area contributed by atoms with E-state index in [1.807, 2.05) is 78.9 Å². The highest BCUT2D eigenvalue weighted by Gasteiger charge is 2.37. The van der Waals surface area contributed by atoms with Crippen LogP contribution in [0.3, 0.4) is 0 Å². The highest BCUT2D eigenvalue weighted by atomic mass is 15.3. The summed E-state index contributed by atoms with van der Waals surface area (Å²) in [5, 5.41) is 24.8. The van der Waals surface area contributed by atoms with Crippen molar-refractivity contribution in [3.05, 3.63) is 174 Å². The fourth-order valence-corrected chi connectivity index (χ4v) is 7.04. The van der Waals surface area contributed by atoms with Gasteiger partial charge in [0.15, 0.2) is 0 Å². The molecule has 1 aromatic heterocycles. The number of nitriles is 2. The third-order valence-corrected chi connectivity index (χ3v) is 9.47. The molecule has 0 saturated heterocycles. The molecule has 0 amide bonds. The van der Waals surface area contributed by atoms with Gasteiger partial charge in [-0.25, -0.2) is 4.68 Å². The van der Waals surface area contributed by atoms with Gasteiger partial charge in [0.25, 0.3) is 0 Å². The van der Waals surface area contributed by atoms with Crippen LogP contribution < -0.4 is 4.90 Å². The summed E-state index contributed by atoms with van der Waals surface area (Å²) in [6, 6.07) is 56.1. The third kappa shape index (κ3) is 4.97. The molecule has 0 unspecified atom stereocenters. The molecular formula is C44H31N5. The Morgan fingerprint density at radius 2 is 1.04 bits per heavy atom. The summed E-state index contributed by atoms with van der Waals surface area (Å²) in [5.41, 5.74) is 13.0. The molecule has 1 aliphatic heterocycles. The number of hydrogen-bond donors (Lipinski definition) is 0. The van der Waals surface area contributed by atoms with Crippen LogP contribution in [-0.4, -0.2) is 9.78 Å². The van der Waals surface area contributed by atoms with Gasteiger partial charge in [-0.3, -0.25) is 0 Å². The maximum absolute atomic E-state index is 9.78. The second kappa shape index (κ2) is 11.8. The van der Waals surface area contributed by atoms with Crippen LogP contribution in [0.15, 0.2) is 152 Å².